The van der Waals surface area contributed by atoms with Crippen LogP contribution in [0.4, 0.5) is 0 Å². The Hall–Kier alpha value is -3.91. The second-order valence-corrected chi connectivity index (χ2v) is 7.22. The molecule has 1 saturated heterocycles. The Morgan fingerprint density at radius 1 is 1.06 bits per heavy atom. The zero-order valence-electron chi connectivity index (χ0n) is 18.4. The van der Waals surface area contributed by atoms with Crippen LogP contribution in [0.5, 0.6) is 5.75 Å². The summed E-state index contributed by atoms with van der Waals surface area (Å²) in [5.74, 6) is -1.76. The van der Waals surface area contributed by atoms with E-state index in [0.29, 0.717) is 29.0 Å². The standard InChI is InChI=1S/C25H25NO7/c1-4-14-33-19-11-9-17(10-12-19)22(27)20-21(26(13-15-31-2)24(29)23(20)28)16-5-7-18(8-6-16)25(30)32-3/h4-12,21,27H,1,13-15H2,2-3H3/b22-20+. The van der Waals surface area contributed by atoms with Gasteiger partial charge in [-0.3, -0.25) is 9.59 Å². The molecule has 1 aliphatic rings. The normalized spacial score (nSPS) is 17.2. The number of likely N-dealkylation sites (tertiary alicyclic amines) is 1. The molecule has 1 amide bonds. The first-order chi connectivity index (χ1) is 15.9. The maximum Gasteiger partial charge on any atom is 0.337 e. The van der Waals surface area contributed by atoms with Crippen molar-refractivity contribution in [2.24, 2.45) is 0 Å². The molecule has 0 spiro atoms. The van der Waals surface area contributed by atoms with Gasteiger partial charge in [-0.15, -0.1) is 0 Å². The molecule has 2 aromatic rings. The molecule has 33 heavy (non-hydrogen) atoms. The van der Waals surface area contributed by atoms with E-state index in [1.165, 1.54) is 19.1 Å². The smallest absolute Gasteiger partial charge is 0.337 e. The molecule has 1 unspecified atom stereocenters. The van der Waals surface area contributed by atoms with Crippen LogP contribution in [0, 0.1) is 0 Å². The highest BCUT2D eigenvalue weighted by atomic mass is 16.5. The average Bonchev–Trinajstić information content (AvgIpc) is 3.10. The maximum atomic E-state index is 12.9. The molecule has 0 saturated carbocycles. The Bertz CT molecular complexity index is 1070. The number of carbonyl (C=O) groups excluding carboxylic acids is 3. The number of hydrogen-bond acceptors (Lipinski definition) is 7. The number of ketones is 1. The molecular weight excluding hydrogens is 426 g/mol. The number of nitrogens with zero attached hydrogens (tertiary/aromatic N) is 1. The predicted molar refractivity (Wildman–Crippen MR) is 121 cm³/mol. The number of carbonyl (C=O) groups is 3. The molecule has 0 bridgehead atoms. The number of aliphatic hydroxyl groups is 1. The minimum atomic E-state index is -0.844. The van der Waals surface area contributed by atoms with Gasteiger partial charge in [0.05, 0.1) is 30.9 Å². The highest BCUT2D eigenvalue weighted by Crippen LogP contribution is 2.39. The van der Waals surface area contributed by atoms with Gasteiger partial charge in [0.2, 0.25) is 0 Å². The largest absolute Gasteiger partial charge is 0.507 e. The van der Waals surface area contributed by atoms with Crippen molar-refractivity contribution in [1.29, 1.82) is 0 Å². The van der Waals surface area contributed by atoms with Gasteiger partial charge in [-0.1, -0.05) is 24.8 Å². The molecule has 0 aromatic heterocycles. The van der Waals surface area contributed by atoms with Crippen molar-refractivity contribution in [3.63, 3.8) is 0 Å². The zero-order chi connectivity index (χ0) is 24.0. The molecule has 8 heteroatoms. The van der Waals surface area contributed by atoms with Crippen molar-refractivity contribution < 1.29 is 33.7 Å². The first kappa shape index (κ1) is 23.7. The minimum absolute atomic E-state index is 0.0401. The third-order valence-electron chi connectivity index (χ3n) is 5.22. The number of Topliss-reactive ketones (excluding diaryl/α,β-unsaturated/α-hetero) is 1. The van der Waals surface area contributed by atoms with Gasteiger partial charge in [-0.2, -0.15) is 0 Å². The van der Waals surface area contributed by atoms with Crippen molar-refractivity contribution in [3.8, 4) is 5.75 Å². The molecule has 8 nitrogen and oxygen atoms in total. The third kappa shape index (κ3) is 4.96. The number of aliphatic hydroxyl groups excluding tert-OH is 1. The summed E-state index contributed by atoms with van der Waals surface area (Å²) in [5, 5.41) is 11.0. The van der Waals surface area contributed by atoms with Crippen LogP contribution in [0.2, 0.25) is 0 Å². The fraction of sp³-hybridized carbons (Fsp3) is 0.240. The van der Waals surface area contributed by atoms with Crippen LogP contribution < -0.4 is 4.74 Å². The zero-order valence-corrected chi connectivity index (χ0v) is 18.4. The van der Waals surface area contributed by atoms with Crippen molar-refractivity contribution in [3.05, 3.63) is 83.4 Å². The SMILES string of the molecule is C=CCOc1ccc(/C(O)=C2\C(=O)C(=O)N(CCOC)C2c2ccc(C(=O)OC)cc2)cc1. The Kier molecular flexibility index (Phi) is 7.63. The second kappa shape index (κ2) is 10.6. The summed E-state index contributed by atoms with van der Waals surface area (Å²) in [6.07, 6.45) is 1.61. The third-order valence-corrected chi connectivity index (χ3v) is 5.22. The fourth-order valence-corrected chi connectivity index (χ4v) is 3.59. The Morgan fingerprint density at radius 3 is 2.27 bits per heavy atom. The number of ether oxygens (including phenoxy) is 3. The van der Waals surface area contributed by atoms with Crippen LogP contribution in [-0.2, 0) is 19.1 Å². The van der Waals surface area contributed by atoms with Gasteiger partial charge in [0.25, 0.3) is 11.7 Å². The monoisotopic (exact) mass is 451 g/mol. The first-order valence-electron chi connectivity index (χ1n) is 10.2. The fourth-order valence-electron chi connectivity index (χ4n) is 3.59. The molecule has 1 aliphatic heterocycles. The molecule has 3 rings (SSSR count). The summed E-state index contributed by atoms with van der Waals surface area (Å²) in [5.41, 5.74) is 1.21. The number of esters is 1. The number of amides is 1. The van der Waals surface area contributed by atoms with E-state index in [9.17, 15) is 19.5 Å². The Morgan fingerprint density at radius 2 is 1.70 bits per heavy atom. The van der Waals surface area contributed by atoms with E-state index in [2.05, 4.69) is 6.58 Å². The van der Waals surface area contributed by atoms with Gasteiger partial charge in [0.15, 0.2) is 0 Å². The lowest BCUT2D eigenvalue weighted by atomic mass is 9.94. The van der Waals surface area contributed by atoms with E-state index in [0.717, 1.165) is 0 Å². The molecule has 1 atom stereocenters. The summed E-state index contributed by atoms with van der Waals surface area (Å²) < 4.78 is 15.3. The highest BCUT2D eigenvalue weighted by Gasteiger charge is 2.45. The lowest BCUT2D eigenvalue weighted by molar-refractivity contribution is -0.140. The van der Waals surface area contributed by atoms with Gasteiger partial charge in [0, 0.05) is 19.2 Å². The molecule has 1 heterocycles. The number of benzene rings is 2. The number of hydrogen-bond donors (Lipinski definition) is 1. The van der Waals surface area contributed by atoms with Crippen molar-refractivity contribution >= 4 is 23.4 Å². The summed E-state index contributed by atoms with van der Waals surface area (Å²) in [4.78, 5) is 38.9. The van der Waals surface area contributed by atoms with E-state index in [-0.39, 0.29) is 24.5 Å². The van der Waals surface area contributed by atoms with Gasteiger partial charge >= 0.3 is 5.97 Å². The van der Waals surface area contributed by atoms with Gasteiger partial charge in [-0.25, -0.2) is 4.79 Å². The Balaban J connectivity index is 2.06. The predicted octanol–water partition coefficient (Wildman–Crippen LogP) is 3.11. The summed E-state index contributed by atoms with van der Waals surface area (Å²) in [6, 6.07) is 12.0. The van der Waals surface area contributed by atoms with E-state index in [4.69, 9.17) is 14.2 Å². The van der Waals surface area contributed by atoms with E-state index in [1.54, 1.807) is 54.6 Å². The molecule has 0 radical (unpaired) electrons. The van der Waals surface area contributed by atoms with Gasteiger partial charge in [-0.05, 0) is 42.0 Å². The van der Waals surface area contributed by atoms with Crippen LogP contribution in [-0.4, -0.2) is 61.6 Å². The highest BCUT2D eigenvalue weighted by molar-refractivity contribution is 6.46. The van der Waals surface area contributed by atoms with Crippen molar-refractivity contribution in [2.45, 2.75) is 6.04 Å². The lowest BCUT2D eigenvalue weighted by Gasteiger charge is -2.25. The van der Waals surface area contributed by atoms with E-state index >= 15 is 0 Å². The van der Waals surface area contributed by atoms with Crippen LogP contribution in [0.1, 0.15) is 27.5 Å². The van der Waals surface area contributed by atoms with Gasteiger partial charge in [0.1, 0.15) is 18.1 Å². The van der Waals surface area contributed by atoms with Crippen molar-refractivity contribution in [2.75, 3.05) is 34.0 Å². The second-order valence-electron chi connectivity index (χ2n) is 7.22. The lowest BCUT2D eigenvalue weighted by Crippen LogP contribution is -2.32. The molecule has 172 valence electrons. The molecule has 2 aromatic carbocycles. The molecule has 1 fully saturated rings. The summed E-state index contributed by atoms with van der Waals surface area (Å²) in [7, 11) is 2.77. The quantitative estimate of drug-likeness (QED) is 0.205. The first-order valence-corrected chi connectivity index (χ1v) is 10.2. The van der Waals surface area contributed by atoms with Gasteiger partial charge < -0.3 is 24.2 Å². The maximum absolute atomic E-state index is 12.9. The van der Waals surface area contributed by atoms with Crippen LogP contribution in [0.3, 0.4) is 0 Å². The van der Waals surface area contributed by atoms with Crippen molar-refractivity contribution in [1.82, 2.24) is 4.90 Å². The topological polar surface area (TPSA) is 102 Å². The van der Waals surface area contributed by atoms with Crippen LogP contribution >= 0.6 is 0 Å². The van der Waals surface area contributed by atoms with E-state index < -0.39 is 23.7 Å². The average molecular weight is 451 g/mol. The Labute approximate surface area is 191 Å². The van der Waals surface area contributed by atoms with Crippen LogP contribution in [0.15, 0.2) is 66.8 Å². The number of rotatable bonds is 9. The molecule has 1 N–H and O–H groups in total. The molecular formula is C25H25NO7. The van der Waals surface area contributed by atoms with Crippen LogP contribution in [0.25, 0.3) is 5.76 Å². The summed E-state index contributed by atoms with van der Waals surface area (Å²) >= 11 is 0. The molecule has 0 aliphatic carbocycles. The van der Waals surface area contributed by atoms with E-state index in [1.807, 2.05) is 0 Å². The minimum Gasteiger partial charge on any atom is -0.507 e. The number of methoxy groups -OCH3 is 2. The summed E-state index contributed by atoms with van der Waals surface area (Å²) in [6.45, 7) is 4.28.